The van der Waals surface area contributed by atoms with Gasteiger partial charge in [-0.15, -0.1) is 0 Å². The topological polar surface area (TPSA) is 57.5 Å². The average molecular weight is 707 g/mol. The molecule has 0 aliphatic heterocycles. The summed E-state index contributed by atoms with van der Waals surface area (Å²) in [6.45, 7) is 19.6. The number of carbonyl (C=O) groups is 1. The highest BCUT2D eigenvalue weighted by Crippen LogP contribution is 2.72. The molecule has 5 rings (SSSR count). The lowest BCUT2D eigenvalue weighted by Crippen LogP contribution is -2.55. The summed E-state index contributed by atoms with van der Waals surface area (Å²) in [5.41, 5.74) is 6.41. The highest BCUT2D eigenvalue weighted by molar-refractivity contribution is 5.66. The quantitative estimate of drug-likeness (QED) is 0.117. The Morgan fingerprint density at radius 3 is 2.08 bits per heavy atom. The summed E-state index contributed by atoms with van der Waals surface area (Å²) in [6, 6.07) is 0. The number of carboxylic acid groups (broad SMARTS) is 1. The third-order valence-corrected chi connectivity index (χ3v) is 16.0. The van der Waals surface area contributed by atoms with Gasteiger partial charge in [0.15, 0.2) is 0 Å². The van der Waals surface area contributed by atoms with Gasteiger partial charge < -0.3 is 10.2 Å². The van der Waals surface area contributed by atoms with Crippen LogP contribution in [0.25, 0.3) is 0 Å². The second kappa shape index (κ2) is 18.8. The molecule has 0 spiro atoms. The molecule has 0 aromatic heterocycles. The molecule has 0 radical (unpaired) electrons. The minimum Gasteiger partial charge on any atom is -0.481 e. The van der Waals surface area contributed by atoms with Gasteiger partial charge in [0.1, 0.15) is 0 Å². The van der Waals surface area contributed by atoms with Crippen LogP contribution in [0.4, 0.5) is 0 Å². The van der Waals surface area contributed by atoms with Crippen molar-refractivity contribution in [3.63, 3.8) is 0 Å². The van der Waals surface area contributed by atoms with E-state index in [0.717, 1.165) is 37.0 Å². The van der Waals surface area contributed by atoms with Crippen molar-refractivity contribution in [2.24, 2.45) is 45.3 Å². The van der Waals surface area contributed by atoms with Crippen LogP contribution in [-0.4, -0.2) is 22.3 Å². The maximum atomic E-state index is 10.8. The Kier molecular flexibility index (Phi) is 15.6. The normalized spacial score (nSPS) is 34.2. The largest absolute Gasteiger partial charge is 0.481 e. The number of aliphatic carboxylic acids is 1. The van der Waals surface area contributed by atoms with Crippen LogP contribution in [0.3, 0.4) is 0 Å². The highest BCUT2D eigenvalue weighted by Gasteiger charge is 2.63. The van der Waals surface area contributed by atoms with Gasteiger partial charge >= 0.3 is 5.97 Å². The molecule has 3 heteroatoms. The zero-order valence-corrected chi connectivity index (χ0v) is 34.9. The first kappa shape index (κ1) is 42.4. The molecule has 5 aliphatic carbocycles. The second-order valence-corrected chi connectivity index (χ2v) is 19.8. The van der Waals surface area contributed by atoms with Crippen LogP contribution >= 0.6 is 0 Å². The van der Waals surface area contributed by atoms with Gasteiger partial charge in [0.25, 0.3) is 0 Å². The molecule has 0 bridgehead atoms. The number of unbranched alkanes of at least 4 members (excludes halogenated alkanes) is 9. The van der Waals surface area contributed by atoms with Crippen molar-refractivity contribution < 1.29 is 15.0 Å². The van der Waals surface area contributed by atoms with Crippen molar-refractivity contribution in [1.29, 1.82) is 0 Å². The molecular formula is C48H82O3. The molecule has 2 saturated carbocycles. The van der Waals surface area contributed by atoms with Gasteiger partial charge in [-0.25, -0.2) is 0 Å². The maximum Gasteiger partial charge on any atom is 0.303 e. The number of hydrogen-bond donors (Lipinski definition) is 2. The SMILES string of the molecule is CC(C)=CCCC(C)C1CCC2(C)C3=C(CCC12C)C1(C)CCC(O)C(C)(C)C1CC3.O=C(O)CCCCCCCCCCCCC1C=CCC1. The second-order valence-electron chi connectivity index (χ2n) is 19.8. The smallest absolute Gasteiger partial charge is 0.303 e. The van der Waals surface area contributed by atoms with E-state index in [1.165, 1.54) is 134 Å². The number of hydrogen-bond acceptors (Lipinski definition) is 2. The summed E-state index contributed by atoms with van der Waals surface area (Å²) in [4.78, 5) is 10.3. The number of allylic oxidation sites excluding steroid dienone is 6. The number of carboxylic acids is 1. The molecular weight excluding hydrogens is 625 g/mol. The van der Waals surface area contributed by atoms with Crippen LogP contribution < -0.4 is 0 Å². The lowest BCUT2D eigenvalue weighted by atomic mass is 9.43. The van der Waals surface area contributed by atoms with Gasteiger partial charge in [0, 0.05) is 6.42 Å². The lowest BCUT2D eigenvalue weighted by Gasteiger charge is -2.62. The summed E-state index contributed by atoms with van der Waals surface area (Å²) in [7, 11) is 0. The van der Waals surface area contributed by atoms with Gasteiger partial charge in [0.2, 0.25) is 0 Å². The van der Waals surface area contributed by atoms with Crippen molar-refractivity contribution >= 4 is 5.97 Å². The fourth-order valence-electron chi connectivity index (χ4n) is 12.5. The molecule has 292 valence electrons. The first-order valence-corrected chi connectivity index (χ1v) is 22.1. The van der Waals surface area contributed by atoms with Crippen molar-refractivity contribution in [1.82, 2.24) is 0 Å². The van der Waals surface area contributed by atoms with Crippen LogP contribution in [0.1, 0.15) is 209 Å². The van der Waals surface area contributed by atoms with E-state index in [-0.39, 0.29) is 11.5 Å². The summed E-state index contributed by atoms with van der Waals surface area (Å²) < 4.78 is 0. The van der Waals surface area contributed by atoms with E-state index in [2.05, 4.69) is 73.6 Å². The van der Waals surface area contributed by atoms with Crippen LogP contribution in [0.5, 0.6) is 0 Å². The standard InChI is InChI=1S/C30H50O.C18H32O2/c1-20(2)10-9-11-21(3)22-14-18-30(8)24-12-13-25-27(4,5)26(31)16-17-28(25,6)23(24)15-19-29(22,30)7;19-18(20)16-10-8-6-4-2-1-3-5-7-9-13-17-14-11-12-15-17/h10,21-22,25-26,31H,9,11-19H2,1-8H3;11,14,17H,1-10,12-13,15-16H2,(H,19,20). The number of aliphatic hydroxyl groups excluding tert-OH is 1. The van der Waals surface area contributed by atoms with Gasteiger partial charge in [0.05, 0.1) is 6.10 Å². The summed E-state index contributed by atoms with van der Waals surface area (Å²) in [6.07, 6.45) is 37.1. The molecule has 2 N–H and O–H groups in total. The molecule has 0 saturated heterocycles. The first-order chi connectivity index (χ1) is 24.2. The number of fused-ring (bicyclic) bond motifs is 4. The van der Waals surface area contributed by atoms with Gasteiger partial charge in [-0.3, -0.25) is 4.79 Å². The van der Waals surface area contributed by atoms with E-state index >= 15 is 0 Å². The molecule has 3 nitrogen and oxygen atoms in total. The Hall–Kier alpha value is -1.35. The predicted octanol–water partition coefficient (Wildman–Crippen LogP) is 14.2. The van der Waals surface area contributed by atoms with E-state index in [1.807, 2.05) is 11.1 Å². The monoisotopic (exact) mass is 707 g/mol. The highest BCUT2D eigenvalue weighted by atomic mass is 16.4. The minimum atomic E-state index is -0.655. The average Bonchev–Trinajstić information content (AvgIpc) is 3.69. The van der Waals surface area contributed by atoms with Crippen molar-refractivity contribution in [3.8, 4) is 0 Å². The van der Waals surface area contributed by atoms with E-state index in [9.17, 15) is 9.90 Å². The number of aliphatic hydroxyl groups is 1. The zero-order valence-electron chi connectivity index (χ0n) is 34.9. The Labute approximate surface area is 316 Å². The Morgan fingerprint density at radius 1 is 0.824 bits per heavy atom. The molecule has 8 atom stereocenters. The molecule has 51 heavy (non-hydrogen) atoms. The van der Waals surface area contributed by atoms with Gasteiger partial charge in [-0.1, -0.05) is 134 Å². The molecule has 0 heterocycles. The fourth-order valence-corrected chi connectivity index (χ4v) is 12.5. The van der Waals surface area contributed by atoms with Crippen molar-refractivity contribution in [2.75, 3.05) is 0 Å². The predicted molar refractivity (Wildman–Crippen MR) is 218 cm³/mol. The molecule has 2 fully saturated rings. The first-order valence-electron chi connectivity index (χ1n) is 22.1. The van der Waals surface area contributed by atoms with Crippen LogP contribution in [-0.2, 0) is 4.79 Å². The van der Waals surface area contributed by atoms with Crippen LogP contribution in [0, 0.1) is 45.3 Å². The third kappa shape index (κ3) is 10.0. The van der Waals surface area contributed by atoms with Crippen LogP contribution in [0.2, 0.25) is 0 Å². The van der Waals surface area contributed by atoms with Gasteiger partial charge in [-0.2, -0.15) is 0 Å². The lowest BCUT2D eigenvalue weighted by molar-refractivity contribution is -0.137. The van der Waals surface area contributed by atoms with E-state index in [0.29, 0.717) is 28.6 Å². The summed E-state index contributed by atoms with van der Waals surface area (Å²) in [5, 5.41) is 19.3. The van der Waals surface area contributed by atoms with Crippen molar-refractivity contribution in [2.45, 2.75) is 216 Å². The summed E-state index contributed by atoms with van der Waals surface area (Å²) >= 11 is 0. The van der Waals surface area contributed by atoms with E-state index < -0.39 is 5.97 Å². The molecule has 0 aromatic carbocycles. The Morgan fingerprint density at radius 2 is 1.47 bits per heavy atom. The third-order valence-electron chi connectivity index (χ3n) is 16.0. The molecule has 0 amide bonds. The maximum absolute atomic E-state index is 10.8. The Bertz CT molecular complexity index is 1200. The molecule has 5 aliphatic rings. The Balaban J connectivity index is 0.000000253. The number of rotatable bonds is 17. The molecule has 8 unspecified atom stereocenters. The summed E-state index contributed by atoms with van der Waals surface area (Å²) in [5.74, 6) is 2.56. The van der Waals surface area contributed by atoms with Gasteiger partial charge in [-0.05, 0) is 149 Å². The molecule has 0 aromatic rings. The zero-order chi connectivity index (χ0) is 37.3. The van der Waals surface area contributed by atoms with E-state index in [1.54, 1.807) is 0 Å². The fraction of sp³-hybridized carbons (Fsp3) is 0.854. The van der Waals surface area contributed by atoms with E-state index in [4.69, 9.17) is 5.11 Å². The van der Waals surface area contributed by atoms with Crippen LogP contribution in [0.15, 0.2) is 34.9 Å². The minimum absolute atomic E-state index is 0.0465. The van der Waals surface area contributed by atoms with Crippen molar-refractivity contribution in [3.05, 3.63) is 34.9 Å².